The van der Waals surface area contributed by atoms with Crippen LogP contribution in [0.4, 0.5) is 0 Å². The normalized spacial score (nSPS) is 15.4. The Labute approximate surface area is 365 Å². The molecule has 4 aromatic carbocycles. The molecule has 326 valence electrons. The highest BCUT2D eigenvalue weighted by Crippen LogP contribution is 2.54. The lowest BCUT2D eigenvalue weighted by Crippen LogP contribution is -2.19. The monoisotopic (exact) mass is 864 g/mol. The summed E-state index contributed by atoms with van der Waals surface area (Å²) in [6.07, 6.45) is 2.23. The maximum atomic E-state index is 14.5. The number of aliphatic hydroxyl groups excluding tert-OH is 1. The first kappa shape index (κ1) is 42.9. The Balaban J connectivity index is 1.44. The van der Waals surface area contributed by atoms with Gasteiger partial charge in [0.2, 0.25) is 5.78 Å². The first-order valence-corrected chi connectivity index (χ1v) is 20.4. The van der Waals surface area contributed by atoms with Gasteiger partial charge in [0.25, 0.3) is 0 Å². The summed E-state index contributed by atoms with van der Waals surface area (Å²) in [4.78, 5) is 55.9. The number of methoxy groups -OCH3 is 2. The summed E-state index contributed by atoms with van der Waals surface area (Å²) in [6.45, 7) is 12.3. The predicted octanol–water partition coefficient (Wildman–Crippen LogP) is 9.62. The van der Waals surface area contributed by atoms with Crippen molar-refractivity contribution in [3.05, 3.63) is 125 Å². The molecular formula is C51H44O13. The zero-order valence-electron chi connectivity index (χ0n) is 36.4. The fraction of sp³-hybridized carbons (Fsp3) is 0.216. The van der Waals surface area contributed by atoms with E-state index >= 15 is 0 Å². The predicted molar refractivity (Wildman–Crippen MR) is 244 cm³/mol. The molecule has 2 aliphatic rings. The molecule has 0 fully saturated rings. The number of aliphatic hydroxyl groups is 1. The van der Waals surface area contributed by atoms with Crippen LogP contribution in [0.1, 0.15) is 79.1 Å². The second-order valence-corrected chi connectivity index (χ2v) is 16.5. The maximum absolute atomic E-state index is 14.5. The SMILES string of the molecule is COc1cccc2c(O)c(/C=C3\C(=O)C(C)=C(C(C)C)c4cc(C)c(-c5c(C)cc6c(c5O)/C(=C/c5c(O)c7cccc(OC)c7oc5=O)C(=O)C(O)=C6C(C)C)c(O)c43)c(=O)oc12. The largest absolute Gasteiger partial charge is 0.507 e. The van der Waals surface area contributed by atoms with Crippen molar-refractivity contribution in [3.8, 4) is 45.6 Å². The highest BCUT2D eigenvalue weighted by molar-refractivity contribution is 6.38. The molecule has 2 aromatic heterocycles. The van der Waals surface area contributed by atoms with Crippen molar-refractivity contribution in [1.82, 2.24) is 0 Å². The zero-order valence-corrected chi connectivity index (χ0v) is 36.4. The molecule has 0 bridgehead atoms. The van der Waals surface area contributed by atoms with Crippen molar-refractivity contribution >= 4 is 67.9 Å². The first-order chi connectivity index (χ1) is 30.3. The van der Waals surface area contributed by atoms with E-state index in [-0.39, 0.29) is 89.5 Å². The first-order valence-electron chi connectivity index (χ1n) is 20.4. The van der Waals surface area contributed by atoms with E-state index in [0.29, 0.717) is 27.8 Å². The molecule has 8 rings (SSSR count). The van der Waals surface area contributed by atoms with E-state index in [9.17, 15) is 44.7 Å². The van der Waals surface area contributed by atoms with Crippen LogP contribution >= 0.6 is 0 Å². The molecule has 0 spiro atoms. The molecule has 0 atom stereocenters. The van der Waals surface area contributed by atoms with Gasteiger partial charge in [-0.2, -0.15) is 0 Å². The Hall–Kier alpha value is -7.80. The van der Waals surface area contributed by atoms with Crippen LogP contribution in [0, 0.1) is 25.7 Å². The van der Waals surface area contributed by atoms with E-state index in [1.54, 1.807) is 65.0 Å². The van der Waals surface area contributed by atoms with Gasteiger partial charge in [0.1, 0.15) is 34.1 Å². The van der Waals surface area contributed by atoms with Gasteiger partial charge in [-0.05, 0) is 96.9 Å². The fourth-order valence-corrected chi connectivity index (χ4v) is 9.20. The molecule has 5 N–H and O–H groups in total. The summed E-state index contributed by atoms with van der Waals surface area (Å²) in [7, 11) is 2.75. The van der Waals surface area contributed by atoms with Crippen LogP contribution in [0.2, 0.25) is 0 Å². The number of Topliss-reactive ketones (excluding diaryl/α,β-unsaturated/α-hetero) is 2. The molecule has 13 heteroatoms. The number of carbonyl (C=O) groups excluding carboxylic acids is 2. The van der Waals surface area contributed by atoms with Gasteiger partial charge in [-0.15, -0.1) is 0 Å². The van der Waals surface area contributed by atoms with Crippen LogP contribution < -0.4 is 20.7 Å². The number of benzene rings is 4. The quantitative estimate of drug-likeness (QED) is 0.0748. The van der Waals surface area contributed by atoms with Gasteiger partial charge >= 0.3 is 11.3 Å². The highest BCUT2D eigenvalue weighted by Gasteiger charge is 2.38. The fourth-order valence-electron chi connectivity index (χ4n) is 9.20. The number of phenols is 2. The number of fused-ring (bicyclic) bond motifs is 4. The van der Waals surface area contributed by atoms with Crippen molar-refractivity contribution in [3.63, 3.8) is 0 Å². The summed E-state index contributed by atoms with van der Waals surface area (Å²) >= 11 is 0. The van der Waals surface area contributed by atoms with Gasteiger partial charge in [0, 0.05) is 44.5 Å². The van der Waals surface area contributed by atoms with Gasteiger partial charge in [-0.25, -0.2) is 9.59 Å². The topological polar surface area (TPSA) is 214 Å². The molecule has 64 heavy (non-hydrogen) atoms. The second kappa shape index (κ2) is 15.5. The van der Waals surface area contributed by atoms with Gasteiger partial charge in [-0.1, -0.05) is 52.0 Å². The zero-order chi connectivity index (χ0) is 46.4. The minimum absolute atomic E-state index is 0.00470. The van der Waals surface area contributed by atoms with Crippen LogP contribution in [0.15, 0.2) is 78.3 Å². The van der Waals surface area contributed by atoms with Crippen molar-refractivity contribution in [2.45, 2.75) is 48.5 Å². The Bertz CT molecular complexity index is 3120. The van der Waals surface area contributed by atoms with Crippen molar-refractivity contribution in [2.24, 2.45) is 11.8 Å². The van der Waals surface area contributed by atoms with Gasteiger partial charge in [-0.3, -0.25) is 9.59 Å². The summed E-state index contributed by atoms with van der Waals surface area (Å²) in [5.41, 5.74) is -0.596. The number of hydrogen-bond acceptors (Lipinski definition) is 13. The molecule has 0 aliphatic heterocycles. The van der Waals surface area contributed by atoms with Crippen molar-refractivity contribution in [1.29, 1.82) is 0 Å². The lowest BCUT2D eigenvalue weighted by atomic mass is 9.73. The number of phenolic OH excluding ortho intramolecular Hbond substituents is 2. The van der Waals surface area contributed by atoms with Gasteiger partial charge < -0.3 is 43.8 Å². The average Bonchev–Trinajstić information content (AvgIpc) is 3.24. The van der Waals surface area contributed by atoms with E-state index in [2.05, 4.69) is 0 Å². The number of aromatic hydroxyl groups is 4. The minimum Gasteiger partial charge on any atom is -0.507 e. The highest BCUT2D eigenvalue weighted by atomic mass is 16.5. The van der Waals surface area contributed by atoms with E-state index in [0.717, 1.165) is 6.08 Å². The third-order valence-corrected chi connectivity index (χ3v) is 12.0. The van der Waals surface area contributed by atoms with Crippen LogP contribution in [0.3, 0.4) is 0 Å². The average molecular weight is 865 g/mol. The Morgan fingerprint density at radius 1 is 0.547 bits per heavy atom. The molecule has 0 radical (unpaired) electrons. The molecule has 0 saturated heterocycles. The molecule has 0 unspecified atom stereocenters. The second-order valence-electron chi connectivity index (χ2n) is 16.5. The number of para-hydroxylation sites is 2. The molecule has 0 amide bonds. The van der Waals surface area contributed by atoms with Crippen LogP contribution in [0.25, 0.3) is 67.5 Å². The van der Waals surface area contributed by atoms with Crippen LogP contribution in [-0.2, 0) is 9.59 Å². The lowest BCUT2D eigenvalue weighted by molar-refractivity contribution is -0.113. The maximum Gasteiger partial charge on any atom is 0.347 e. The standard InChI is InChI=1S/C51H44O13/c1-20(2)35-24(7)41(52)29(18-31-42(53)25-12-10-14-33(61-8)48(25)63-50(31)59)39-27(35)16-22(5)37(45(39)56)38-23(6)17-28-36(21(3)4)47(58)44(55)30(40(28)46(38)57)19-32-43(54)26-13-11-15-34(62-9)49(26)64-51(32)60/h10-21,53-54,56-58H,1-9H3/b29-18-,30-19-. The third-order valence-electron chi connectivity index (χ3n) is 12.0. The van der Waals surface area contributed by atoms with Crippen molar-refractivity contribution < 1.29 is 53.4 Å². The van der Waals surface area contributed by atoms with E-state index in [4.69, 9.17) is 18.3 Å². The molecular weight excluding hydrogens is 821 g/mol. The van der Waals surface area contributed by atoms with E-state index < -0.39 is 63.1 Å². The molecule has 0 saturated carbocycles. The Morgan fingerprint density at radius 3 is 1.36 bits per heavy atom. The molecule has 2 aliphatic carbocycles. The summed E-state index contributed by atoms with van der Waals surface area (Å²) < 4.78 is 21.8. The molecule has 2 heterocycles. The Morgan fingerprint density at radius 2 is 0.953 bits per heavy atom. The number of ketones is 2. The smallest absolute Gasteiger partial charge is 0.347 e. The lowest BCUT2D eigenvalue weighted by Gasteiger charge is -2.30. The molecule has 13 nitrogen and oxygen atoms in total. The summed E-state index contributed by atoms with van der Waals surface area (Å²) in [6, 6.07) is 12.7. The van der Waals surface area contributed by atoms with Crippen molar-refractivity contribution in [2.75, 3.05) is 14.2 Å². The number of rotatable bonds is 7. The summed E-state index contributed by atoms with van der Waals surface area (Å²) in [5, 5.41) is 60.0. The number of aryl methyl sites for hydroxylation is 2. The summed E-state index contributed by atoms with van der Waals surface area (Å²) in [5.74, 6) is -4.43. The van der Waals surface area contributed by atoms with Gasteiger partial charge in [0.05, 0.1) is 25.0 Å². The van der Waals surface area contributed by atoms with E-state index in [1.165, 1.54) is 38.5 Å². The molecule has 6 aromatic rings. The van der Waals surface area contributed by atoms with Crippen LogP contribution in [-0.4, -0.2) is 51.3 Å². The third kappa shape index (κ3) is 6.29. The van der Waals surface area contributed by atoms with Crippen LogP contribution in [0.5, 0.6) is 34.5 Å². The number of carbonyl (C=O) groups is 2. The number of ether oxygens (including phenoxy) is 2. The van der Waals surface area contributed by atoms with E-state index in [1.807, 2.05) is 13.8 Å². The van der Waals surface area contributed by atoms with Gasteiger partial charge in [0.15, 0.2) is 34.2 Å². The number of allylic oxidation sites excluding steroid dienone is 5. The minimum atomic E-state index is -1.04. The number of hydrogen-bond donors (Lipinski definition) is 5. The Kier molecular flexibility index (Phi) is 10.4.